The topological polar surface area (TPSA) is 36.3 Å². The summed E-state index contributed by atoms with van der Waals surface area (Å²) in [7, 11) is 0. The lowest BCUT2D eigenvalue weighted by Gasteiger charge is -2.34. The molecule has 1 atom stereocenters. The van der Waals surface area contributed by atoms with Crippen molar-refractivity contribution in [2.24, 2.45) is 0 Å². The molecule has 1 aliphatic heterocycles. The van der Waals surface area contributed by atoms with Gasteiger partial charge in [0.25, 0.3) is 0 Å². The summed E-state index contributed by atoms with van der Waals surface area (Å²) in [6, 6.07) is 6.50. The van der Waals surface area contributed by atoms with Crippen LogP contribution in [0.3, 0.4) is 0 Å². The molecule has 4 heteroatoms. The molecule has 0 saturated carbocycles. The molecule has 16 heavy (non-hydrogen) atoms. The van der Waals surface area contributed by atoms with Crippen molar-refractivity contribution in [2.45, 2.75) is 19.4 Å². The van der Waals surface area contributed by atoms with Crippen molar-refractivity contribution < 1.29 is 9.13 Å². The number of nitriles is 1. The van der Waals surface area contributed by atoms with Crippen LogP contribution < -0.4 is 9.64 Å². The first-order valence-electron chi connectivity index (χ1n) is 5.32. The SMILES string of the molecule is CCC1CN(CC#N)c2cc(F)ccc2O1. The number of nitrogens with zero attached hydrogens (tertiary/aromatic N) is 2. The first-order chi connectivity index (χ1) is 7.74. The highest BCUT2D eigenvalue weighted by Crippen LogP contribution is 2.34. The molecule has 1 heterocycles. The van der Waals surface area contributed by atoms with Crippen molar-refractivity contribution in [3.05, 3.63) is 24.0 Å². The molecular weight excluding hydrogens is 207 g/mol. The fraction of sp³-hybridized carbons (Fsp3) is 0.417. The van der Waals surface area contributed by atoms with Gasteiger partial charge in [0.15, 0.2) is 0 Å². The van der Waals surface area contributed by atoms with E-state index < -0.39 is 0 Å². The molecule has 0 saturated heterocycles. The monoisotopic (exact) mass is 220 g/mol. The molecule has 1 aromatic rings. The van der Waals surface area contributed by atoms with Crippen molar-refractivity contribution >= 4 is 5.69 Å². The summed E-state index contributed by atoms with van der Waals surface area (Å²) in [5.41, 5.74) is 0.672. The van der Waals surface area contributed by atoms with E-state index >= 15 is 0 Å². The maximum Gasteiger partial charge on any atom is 0.143 e. The second-order valence-electron chi connectivity index (χ2n) is 3.80. The molecule has 84 valence electrons. The Bertz CT molecular complexity index is 428. The zero-order valence-corrected chi connectivity index (χ0v) is 9.11. The highest BCUT2D eigenvalue weighted by molar-refractivity contribution is 5.60. The second-order valence-corrected chi connectivity index (χ2v) is 3.80. The standard InChI is InChI=1S/C12H13FN2O/c1-2-10-8-15(6-5-14)11-7-9(13)3-4-12(11)16-10/h3-4,7,10H,2,6,8H2,1H3. The van der Waals surface area contributed by atoms with Gasteiger partial charge in [0, 0.05) is 6.07 Å². The third kappa shape index (κ3) is 1.94. The molecule has 0 bridgehead atoms. The van der Waals surface area contributed by atoms with Crippen molar-refractivity contribution in [3.63, 3.8) is 0 Å². The zero-order chi connectivity index (χ0) is 11.5. The minimum absolute atomic E-state index is 0.0753. The molecule has 1 aromatic carbocycles. The van der Waals surface area contributed by atoms with E-state index in [0.29, 0.717) is 18.0 Å². The molecule has 1 unspecified atom stereocenters. The van der Waals surface area contributed by atoms with Crippen LogP contribution in [0.5, 0.6) is 5.75 Å². The van der Waals surface area contributed by atoms with E-state index in [0.717, 1.165) is 6.42 Å². The Kier molecular flexibility index (Phi) is 2.95. The van der Waals surface area contributed by atoms with Crippen LogP contribution in [0.4, 0.5) is 10.1 Å². The van der Waals surface area contributed by atoms with Crippen LogP contribution in [0, 0.1) is 17.1 Å². The number of anilines is 1. The molecule has 0 spiro atoms. The van der Waals surface area contributed by atoms with E-state index in [-0.39, 0.29) is 18.5 Å². The fourth-order valence-corrected chi connectivity index (χ4v) is 1.85. The summed E-state index contributed by atoms with van der Waals surface area (Å²) in [5, 5.41) is 8.75. The predicted octanol–water partition coefficient (Wildman–Crippen LogP) is 2.33. The van der Waals surface area contributed by atoms with Gasteiger partial charge in [-0.1, -0.05) is 6.92 Å². The highest BCUT2D eigenvalue weighted by Gasteiger charge is 2.24. The van der Waals surface area contributed by atoms with Crippen LogP contribution in [0.15, 0.2) is 18.2 Å². The average molecular weight is 220 g/mol. The summed E-state index contributed by atoms with van der Waals surface area (Å²) < 4.78 is 18.8. The molecule has 0 amide bonds. The Labute approximate surface area is 94.0 Å². The molecular formula is C12H13FN2O. The van der Waals surface area contributed by atoms with Gasteiger partial charge < -0.3 is 9.64 Å². The quantitative estimate of drug-likeness (QED) is 0.718. The van der Waals surface area contributed by atoms with Gasteiger partial charge in [0.2, 0.25) is 0 Å². The van der Waals surface area contributed by atoms with Crippen LogP contribution in [0.25, 0.3) is 0 Å². The Hall–Kier alpha value is -1.76. The number of halogens is 1. The molecule has 0 radical (unpaired) electrons. The minimum atomic E-state index is -0.305. The first-order valence-corrected chi connectivity index (χ1v) is 5.32. The Morgan fingerprint density at radius 1 is 1.62 bits per heavy atom. The van der Waals surface area contributed by atoms with E-state index in [1.165, 1.54) is 12.1 Å². The lowest BCUT2D eigenvalue weighted by atomic mass is 10.1. The maximum atomic E-state index is 13.1. The summed E-state index contributed by atoms with van der Waals surface area (Å²) in [6.45, 7) is 2.93. The number of rotatable bonds is 2. The third-order valence-electron chi connectivity index (χ3n) is 2.70. The van der Waals surface area contributed by atoms with Gasteiger partial charge in [-0.25, -0.2) is 4.39 Å². The van der Waals surface area contributed by atoms with Gasteiger partial charge in [-0.3, -0.25) is 0 Å². The predicted molar refractivity (Wildman–Crippen MR) is 58.9 cm³/mol. The van der Waals surface area contributed by atoms with Crippen LogP contribution >= 0.6 is 0 Å². The van der Waals surface area contributed by atoms with Crippen LogP contribution in [0.2, 0.25) is 0 Å². The lowest BCUT2D eigenvalue weighted by molar-refractivity contribution is 0.190. The van der Waals surface area contributed by atoms with Crippen molar-refractivity contribution in [1.82, 2.24) is 0 Å². The van der Waals surface area contributed by atoms with E-state index in [1.54, 1.807) is 6.07 Å². The van der Waals surface area contributed by atoms with Crippen molar-refractivity contribution in [2.75, 3.05) is 18.0 Å². The molecule has 0 aliphatic carbocycles. The van der Waals surface area contributed by atoms with Gasteiger partial charge in [0.05, 0.1) is 18.3 Å². The number of benzene rings is 1. The Balaban J connectivity index is 2.35. The summed E-state index contributed by atoms with van der Waals surface area (Å²) >= 11 is 0. The third-order valence-corrected chi connectivity index (χ3v) is 2.70. The smallest absolute Gasteiger partial charge is 0.143 e. The number of fused-ring (bicyclic) bond motifs is 1. The zero-order valence-electron chi connectivity index (χ0n) is 9.11. The van der Waals surface area contributed by atoms with E-state index in [9.17, 15) is 4.39 Å². The average Bonchev–Trinajstić information content (AvgIpc) is 2.30. The van der Waals surface area contributed by atoms with Crippen LogP contribution in [0.1, 0.15) is 13.3 Å². The highest BCUT2D eigenvalue weighted by atomic mass is 19.1. The molecule has 0 N–H and O–H groups in total. The summed E-state index contributed by atoms with van der Waals surface area (Å²) in [6.07, 6.45) is 0.949. The van der Waals surface area contributed by atoms with Gasteiger partial charge in [-0.15, -0.1) is 0 Å². The summed E-state index contributed by atoms with van der Waals surface area (Å²) in [4.78, 5) is 1.86. The second kappa shape index (κ2) is 4.40. The lowest BCUT2D eigenvalue weighted by Crippen LogP contribution is -2.39. The van der Waals surface area contributed by atoms with E-state index in [2.05, 4.69) is 6.07 Å². The van der Waals surface area contributed by atoms with Gasteiger partial charge in [0.1, 0.15) is 24.2 Å². The van der Waals surface area contributed by atoms with Gasteiger partial charge in [-0.2, -0.15) is 5.26 Å². The summed E-state index contributed by atoms with van der Waals surface area (Å²) in [5.74, 6) is 0.356. The molecule has 1 aliphatic rings. The number of hydrogen-bond acceptors (Lipinski definition) is 3. The van der Waals surface area contributed by atoms with Crippen LogP contribution in [-0.2, 0) is 0 Å². The number of ether oxygens (including phenoxy) is 1. The van der Waals surface area contributed by atoms with Crippen molar-refractivity contribution in [1.29, 1.82) is 5.26 Å². The van der Waals surface area contributed by atoms with Gasteiger partial charge >= 0.3 is 0 Å². The molecule has 3 nitrogen and oxygen atoms in total. The Morgan fingerprint density at radius 3 is 3.12 bits per heavy atom. The van der Waals surface area contributed by atoms with Crippen molar-refractivity contribution in [3.8, 4) is 11.8 Å². The molecule has 2 rings (SSSR count). The van der Waals surface area contributed by atoms with Gasteiger partial charge in [-0.05, 0) is 18.6 Å². The minimum Gasteiger partial charge on any atom is -0.486 e. The molecule has 0 aromatic heterocycles. The molecule has 0 fully saturated rings. The van der Waals surface area contributed by atoms with E-state index in [4.69, 9.17) is 10.00 Å². The first kappa shape index (κ1) is 10.7. The largest absolute Gasteiger partial charge is 0.486 e. The maximum absolute atomic E-state index is 13.1. The fourth-order valence-electron chi connectivity index (χ4n) is 1.85. The normalized spacial score (nSPS) is 18.6. The Morgan fingerprint density at radius 2 is 2.44 bits per heavy atom. The van der Waals surface area contributed by atoms with E-state index in [1.807, 2.05) is 11.8 Å². The van der Waals surface area contributed by atoms with Crippen LogP contribution in [-0.4, -0.2) is 19.2 Å². The number of hydrogen-bond donors (Lipinski definition) is 0.